The van der Waals surface area contributed by atoms with E-state index in [1.807, 2.05) is 37.4 Å². The van der Waals surface area contributed by atoms with Gasteiger partial charge >= 0.3 is 0 Å². The molecule has 1 N–H and O–H groups in total. The van der Waals surface area contributed by atoms with Gasteiger partial charge in [0.2, 0.25) is 0 Å². The molecule has 1 heterocycles. The molecule has 0 aliphatic heterocycles. The molecule has 18 heavy (non-hydrogen) atoms. The maximum absolute atomic E-state index is 5.98. The number of nitrogens with one attached hydrogen (secondary N) is 1. The number of aromatic nitrogens is 1. The molecule has 0 atom stereocenters. The molecule has 1 aromatic carbocycles. The van der Waals surface area contributed by atoms with Crippen molar-refractivity contribution in [2.45, 2.75) is 13.2 Å². The molecular formula is C14H15ClN2O. The second kappa shape index (κ2) is 6.38. The molecule has 94 valence electrons. The molecule has 0 aliphatic rings. The number of nitrogens with zero attached hydrogens (tertiary/aromatic N) is 1. The molecule has 0 bridgehead atoms. The van der Waals surface area contributed by atoms with Gasteiger partial charge in [-0.25, -0.2) is 0 Å². The second-order valence-electron chi connectivity index (χ2n) is 3.93. The van der Waals surface area contributed by atoms with Crippen LogP contribution in [0.5, 0.6) is 5.75 Å². The molecule has 0 aliphatic carbocycles. The van der Waals surface area contributed by atoms with Crippen LogP contribution in [-0.2, 0) is 13.2 Å². The van der Waals surface area contributed by atoms with Crippen molar-refractivity contribution in [3.63, 3.8) is 0 Å². The SMILES string of the molecule is CNCc1cc(Cl)ccc1OCc1ccncc1. The minimum absolute atomic E-state index is 0.529. The molecule has 2 rings (SSSR count). The summed E-state index contributed by atoms with van der Waals surface area (Å²) in [7, 11) is 1.90. The van der Waals surface area contributed by atoms with Gasteiger partial charge in [0, 0.05) is 29.5 Å². The van der Waals surface area contributed by atoms with E-state index in [-0.39, 0.29) is 0 Å². The molecular weight excluding hydrogens is 248 g/mol. The van der Waals surface area contributed by atoms with Gasteiger partial charge < -0.3 is 10.1 Å². The Hall–Kier alpha value is -1.58. The largest absolute Gasteiger partial charge is 0.489 e. The van der Waals surface area contributed by atoms with E-state index in [4.69, 9.17) is 16.3 Å². The van der Waals surface area contributed by atoms with Crippen LogP contribution in [0.15, 0.2) is 42.7 Å². The fraction of sp³-hybridized carbons (Fsp3) is 0.214. The van der Waals surface area contributed by atoms with Crippen molar-refractivity contribution in [3.05, 3.63) is 58.9 Å². The number of hydrogen-bond donors (Lipinski definition) is 1. The third-order valence-electron chi connectivity index (χ3n) is 2.53. The predicted octanol–water partition coefficient (Wildman–Crippen LogP) is 3.03. The van der Waals surface area contributed by atoms with Crippen molar-refractivity contribution in [2.24, 2.45) is 0 Å². The van der Waals surface area contributed by atoms with Crippen molar-refractivity contribution in [1.82, 2.24) is 10.3 Å². The zero-order valence-corrected chi connectivity index (χ0v) is 10.9. The summed E-state index contributed by atoms with van der Waals surface area (Å²) in [4.78, 5) is 3.98. The molecule has 0 unspecified atom stereocenters. The van der Waals surface area contributed by atoms with Gasteiger partial charge in [-0.2, -0.15) is 0 Å². The topological polar surface area (TPSA) is 34.1 Å². The lowest BCUT2D eigenvalue weighted by Gasteiger charge is -2.11. The van der Waals surface area contributed by atoms with Gasteiger partial charge in [-0.3, -0.25) is 4.98 Å². The second-order valence-corrected chi connectivity index (χ2v) is 4.36. The van der Waals surface area contributed by atoms with Gasteiger partial charge in [0.1, 0.15) is 12.4 Å². The molecule has 0 saturated carbocycles. The van der Waals surface area contributed by atoms with Crippen LogP contribution >= 0.6 is 11.6 Å². The number of pyridine rings is 1. The lowest BCUT2D eigenvalue weighted by Crippen LogP contribution is -2.07. The van der Waals surface area contributed by atoms with E-state index in [0.717, 1.165) is 28.4 Å². The Morgan fingerprint density at radius 2 is 2.00 bits per heavy atom. The highest BCUT2D eigenvalue weighted by atomic mass is 35.5. The van der Waals surface area contributed by atoms with Gasteiger partial charge in [0.05, 0.1) is 0 Å². The fourth-order valence-electron chi connectivity index (χ4n) is 1.66. The normalized spacial score (nSPS) is 10.3. The first-order chi connectivity index (χ1) is 8.79. The van der Waals surface area contributed by atoms with E-state index in [1.165, 1.54) is 0 Å². The van der Waals surface area contributed by atoms with Crippen LogP contribution in [0.2, 0.25) is 5.02 Å². The summed E-state index contributed by atoms with van der Waals surface area (Å²) in [5, 5.41) is 3.82. The molecule has 0 spiro atoms. The lowest BCUT2D eigenvalue weighted by atomic mass is 10.2. The van der Waals surface area contributed by atoms with Crippen molar-refractivity contribution in [2.75, 3.05) is 7.05 Å². The monoisotopic (exact) mass is 262 g/mol. The zero-order valence-electron chi connectivity index (χ0n) is 10.2. The summed E-state index contributed by atoms with van der Waals surface area (Å²) in [5.41, 5.74) is 2.15. The van der Waals surface area contributed by atoms with E-state index >= 15 is 0 Å². The predicted molar refractivity (Wildman–Crippen MR) is 72.8 cm³/mol. The van der Waals surface area contributed by atoms with Crippen molar-refractivity contribution in [3.8, 4) is 5.75 Å². The summed E-state index contributed by atoms with van der Waals surface area (Å²) in [5.74, 6) is 0.852. The maximum atomic E-state index is 5.98. The quantitative estimate of drug-likeness (QED) is 0.899. The first kappa shape index (κ1) is 12.9. The van der Waals surface area contributed by atoms with Gasteiger partial charge in [-0.1, -0.05) is 11.6 Å². The van der Waals surface area contributed by atoms with Crippen LogP contribution in [0.3, 0.4) is 0 Å². The van der Waals surface area contributed by atoms with E-state index in [1.54, 1.807) is 12.4 Å². The van der Waals surface area contributed by atoms with Crippen LogP contribution in [0.25, 0.3) is 0 Å². The first-order valence-electron chi connectivity index (χ1n) is 5.74. The average Bonchev–Trinajstić information content (AvgIpc) is 2.39. The lowest BCUT2D eigenvalue weighted by molar-refractivity contribution is 0.302. The Kier molecular flexibility index (Phi) is 4.56. The molecule has 2 aromatic rings. The van der Waals surface area contributed by atoms with Gasteiger partial charge in [-0.15, -0.1) is 0 Å². The Morgan fingerprint density at radius 1 is 1.22 bits per heavy atom. The van der Waals surface area contributed by atoms with Crippen LogP contribution in [0.1, 0.15) is 11.1 Å². The van der Waals surface area contributed by atoms with Crippen molar-refractivity contribution in [1.29, 1.82) is 0 Å². The Morgan fingerprint density at radius 3 is 2.72 bits per heavy atom. The maximum Gasteiger partial charge on any atom is 0.124 e. The van der Waals surface area contributed by atoms with Crippen LogP contribution < -0.4 is 10.1 Å². The molecule has 1 aromatic heterocycles. The van der Waals surface area contributed by atoms with Crippen molar-refractivity contribution >= 4 is 11.6 Å². The number of ether oxygens (including phenoxy) is 1. The van der Waals surface area contributed by atoms with E-state index in [0.29, 0.717) is 6.61 Å². The number of hydrogen-bond acceptors (Lipinski definition) is 3. The zero-order chi connectivity index (χ0) is 12.8. The van der Waals surface area contributed by atoms with Gasteiger partial charge in [-0.05, 0) is 42.9 Å². The van der Waals surface area contributed by atoms with E-state index in [2.05, 4.69) is 10.3 Å². The number of benzene rings is 1. The summed E-state index contributed by atoms with van der Waals surface area (Å²) >= 11 is 5.98. The third-order valence-corrected chi connectivity index (χ3v) is 2.77. The highest BCUT2D eigenvalue weighted by molar-refractivity contribution is 6.30. The highest BCUT2D eigenvalue weighted by Gasteiger charge is 2.04. The Bertz CT molecular complexity index is 502. The molecule has 3 nitrogen and oxygen atoms in total. The van der Waals surface area contributed by atoms with Crippen LogP contribution in [0.4, 0.5) is 0 Å². The van der Waals surface area contributed by atoms with E-state index < -0.39 is 0 Å². The first-order valence-corrected chi connectivity index (χ1v) is 6.12. The Labute approximate surface area is 112 Å². The van der Waals surface area contributed by atoms with Gasteiger partial charge in [0.15, 0.2) is 0 Å². The molecule has 0 saturated heterocycles. The van der Waals surface area contributed by atoms with Crippen LogP contribution in [-0.4, -0.2) is 12.0 Å². The average molecular weight is 263 g/mol. The summed E-state index contributed by atoms with van der Waals surface area (Å²) < 4.78 is 5.80. The number of rotatable bonds is 5. The third kappa shape index (κ3) is 3.45. The summed E-state index contributed by atoms with van der Waals surface area (Å²) in [6.07, 6.45) is 3.52. The van der Waals surface area contributed by atoms with Crippen molar-refractivity contribution < 1.29 is 4.74 Å². The Balaban J connectivity index is 2.09. The fourth-order valence-corrected chi connectivity index (χ4v) is 1.85. The highest BCUT2D eigenvalue weighted by Crippen LogP contribution is 2.23. The van der Waals surface area contributed by atoms with Gasteiger partial charge in [0.25, 0.3) is 0 Å². The van der Waals surface area contributed by atoms with E-state index in [9.17, 15) is 0 Å². The number of halogens is 1. The summed E-state index contributed by atoms with van der Waals surface area (Å²) in [6, 6.07) is 9.53. The molecule has 0 amide bonds. The standard InChI is InChI=1S/C14H15ClN2O/c1-16-9-12-8-13(15)2-3-14(12)18-10-11-4-6-17-7-5-11/h2-8,16H,9-10H2,1H3. The smallest absolute Gasteiger partial charge is 0.124 e. The summed E-state index contributed by atoms with van der Waals surface area (Å²) in [6.45, 7) is 1.26. The minimum atomic E-state index is 0.529. The van der Waals surface area contributed by atoms with Crippen LogP contribution in [0, 0.1) is 0 Å². The minimum Gasteiger partial charge on any atom is -0.489 e. The molecule has 0 radical (unpaired) electrons. The molecule has 4 heteroatoms. The molecule has 0 fully saturated rings.